The van der Waals surface area contributed by atoms with Gasteiger partial charge in [-0.05, 0) is 29.7 Å². The maximum atomic E-state index is 11.3. The highest BCUT2D eigenvalue weighted by Crippen LogP contribution is 2.36. The Bertz CT molecular complexity index is 804. The van der Waals surface area contributed by atoms with Crippen LogP contribution in [0.15, 0.2) is 30.5 Å². The second kappa shape index (κ2) is 4.64. The molecule has 0 saturated heterocycles. The fraction of sp³-hybridized carbons (Fsp3) is 0.143. The van der Waals surface area contributed by atoms with Crippen molar-refractivity contribution in [2.24, 2.45) is 7.05 Å². The van der Waals surface area contributed by atoms with Crippen LogP contribution >= 0.6 is 11.3 Å². The lowest BCUT2D eigenvalue weighted by Crippen LogP contribution is -1.99. The molecule has 0 spiro atoms. The molecule has 3 rings (SSSR count). The smallest absolute Gasteiger partial charge is 0.339 e. The van der Waals surface area contributed by atoms with Crippen LogP contribution in [0, 0.1) is 0 Å². The molecule has 0 radical (unpaired) electrons. The van der Waals surface area contributed by atoms with Crippen molar-refractivity contribution in [1.82, 2.24) is 9.78 Å². The lowest BCUT2D eigenvalue weighted by molar-refractivity contribution is 0.0697. The van der Waals surface area contributed by atoms with Crippen molar-refractivity contribution >= 4 is 27.4 Å². The van der Waals surface area contributed by atoms with Crippen molar-refractivity contribution < 1.29 is 14.6 Å². The normalized spacial score (nSPS) is 10.9. The molecule has 0 saturated carbocycles. The summed E-state index contributed by atoms with van der Waals surface area (Å²) in [7, 11) is 3.37. The average Bonchev–Trinajstić information content (AvgIpc) is 3.00. The molecule has 0 amide bonds. The van der Waals surface area contributed by atoms with E-state index in [1.54, 1.807) is 18.8 Å². The monoisotopic (exact) mass is 288 g/mol. The second-order valence-electron chi connectivity index (χ2n) is 4.35. The third-order valence-electron chi connectivity index (χ3n) is 3.13. The summed E-state index contributed by atoms with van der Waals surface area (Å²) >= 11 is 1.53. The Kier molecular flexibility index (Phi) is 2.94. The van der Waals surface area contributed by atoms with Gasteiger partial charge in [0.05, 0.1) is 23.9 Å². The van der Waals surface area contributed by atoms with Crippen LogP contribution in [0.3, 0.4) is 0 Å². The van der Waals surface area contributed by atoms with E-state index in [2.05, 4.69) is 5.10 Å². The van der Waals surface area contributed by atoms with Crippen LogP contribution < -0.4 is 4.74 Å². The first-order chi connectivity index (χ1) is 9.60. The minimum Gasteiger partial charge on any atom is -0.497 e. The number of rotatable bonds is 3. The first kappa shape index (κ1) is 12.7. The van der Waals surface area contributed by atoms with E-state index in [4.69, 9.17) is 4.74 Å². The molecule has 3 aromatic rings. The van der Waals surface area contributed by atoms with Gasteiger partial charge in [-0.15, -0.1) is 11.3 Å². The number of fused-ring (bicyclic) bond motifs is 1. The molecule has 0 aliphatic heterocycles. The van der Waals surface area contributed by atoms with Gasteiger partial charge < -0.3 is 9.84 Å². The maximum absolute atomic E-state index is 11.3. The number of benzene rings is 1. The molecule has 20 heavy (non-hydrogen) atoms. The van der Waals surface area contributed by atoms with Gasteiger partial charge in [0.2, 0.25) is 0 Å². The molecule has 0 fully saturated rings. The van der Waals surface area contributed by atoms with E-state index in [0.717, 1.165) is 20.7 Å². The molecular weight excluding hydrogens is 276 g/mol. The van der Waals surface area contributed by atoms with E-state index < -0.39 is 5.97 Å². The molecule has 2 heterocycles. The summed E-state index contributed by atoms with van der Waals surface area (Å²) < 4.78 is 7.84. The number of aromatic carboxylic acids is 1. The predicted octanol–water partition coefficient (Wildman–Crippen LogP) is 3.01. The Morgan fingerprint density at radius 1 is 1.40 bits per heavy atom. The Balaban J connectivity index is 2.20. The number of methoxy groups -OCH3 is 1. The minimum absolute atomic E-state index is 0.214. The summed E-state index contributed by atoms with van der Waals surface area (Å²) in [5.41, 5.74) is 0.837. The zero-order valence-electron chi connectivity index (χ0n) is 11.0. The highest BCUT2D eigenvalue weighted by molar-refractivity contribution is 7.22. The van der Waals surface area contributed by atoms with Crippen LogP contribution in [0.5, 0.6) is 5.75 Å². The van der Waals surface area contributed by atoms with E-state index in [-0.39, 0.29) is 5.56 Å². The lowest BCUT2D eigenvalue weighted by atomic mass is 10.2. The zero-order chi connectivity index (χ0) is 14.3. The lowest BCUT2D eigenvalue weighted by Gasteiger charge is -1.99. The number of carbonyl (C=O) groups is 1. The van der Waals surface area contributed by atoms with Crippen LogP contribution in [0.2, 0.25) is 0 Å². The molecule has 1 aromatic carbocycles. The Morgan fingerprint density at radius 3 is 2.90 bits per heavy atom. The van der Waals surface area contributed by atoms with Gasteiger partial charge in [-0.1, -0.05) is 0 Å². The number of thiophene rings is 1. The molecule has 2 aromatic heterocycles. The van der Waals surface area contributed by atoms with Gasteiger partial charge >= 0.3 is 5.97 Å². The van der Waals surface area contributed by atoms with Gasteiger partial charge in [-0.3, -0.25) is 4.68 Å². The Morgan fingerprint density at radius 2 is 2.20 bits per heavy atom. The standard InChI is InChI=1S/C14H12N2O3S/c1-16-13(10(7-15-16)14(17)18)12-5-8-3-4-9(19-2)6-11(8)20-12/h3-7H,1-2H3,(H,17,18). The van der Waals surface area contributed by atoms with Crippen LogP contribution in [-0.4, -0.2) is 28.0 Å². The van der Waals surface area contributed by atoms with Crippen molar-refractivity contribution in [3.63, 3.8) is 0 Å². The Hall–Kier alpha value is -2.34. The molecule has 0 aliphatic carbocycles. The van der Waals surface area contributed by atoms with Gasteiger partial charge in [-0.2, -0.15) is 5.10 Å². The third kappa shape index (κ3) is 1.94. The summed E-state index contributed by atoms with van der Waals surface area (Å²) in [5, 5.41) is 14.3. The number of nitrogens with zero attached hydrogens (tertiary/aromatic N) is 2. The largest absolute Gasteiger partial charge is 0.497 e. The van der Waals surface area contributed by atoms with Crippen molar-refractivity contribution in [1.29, 1.82) is 0 Å². The summed E-state index contributed by atoms with van der Waals surface area (Å²) in [4.78, 5) is 12.1. The summed E-state index contributed by atoms with van der Waals surface area (Å²) in [5.74, 6) is -0.183. The van der Waals surface area contributed by atoms with Crippen LogP contribution in [0.1, 0.15) is 10.4 Å². The molecule has 5 nitrogen and oxygen atoms in total. The molecule has 0 unspecified atom stereocenters. The van der Waals surface area contributed by atoms with Crippen LogP contribution in [0.4, 0.5) is 0 Å². The number of aromatic nitrogens is 2. The van der Waals surface area contributed by atoms with Crippen molar-refractivity contribution in [2.75, 3.05) is 7.11 Å². The fourth-order valence-electron chi connectivity index (χ4n) is 2.14. The van der Waals surface area contributed by atoms with Crippen molar-refractivity contribution in [2.45, 2.75) is 0 Å². The highest BCUT2D eigenvalue weighted by atomic mass is 32.1. The molecular formula is C14H12N2O3S. The van der Waals surface area contributed by atoms with Gasteiger partial charge in [0, 0.05) is 11.7 Å². The number of hydrogen-bond donors (Lipinski definition) is 1. The van der Waals surface area contributed by atoms with E-state index in [1.165, 1.54) is 17.5 Å². The fourth-order valence-corrected chi connectivity index (χ4v) is 3.32. The Labute approximate surface area is 119 Å². The highest BCUT2D eigenvalue weighted by Gasteiger charge is 2.18. The van der Waals surface area contributed by atoms with Crippen LogP contribution in [-0.2, 0) is 7.05 Å². The van der Waals surface area contributed by atoms with Crippen LogP contribution in [0.25, 0.3) is 20.7 Å². The number of carboxylic acid groups (broad SMARTS) is 1. The minimum atomic E-state index is -0.969. The topological polar surface area (TPSA) is 64.3 Å². The number of hydrogen-bond acceptors (Lipinski definition) is 4. The molecule has 6 heteroatoms. The van der Waals surface area contributed by atoms with Gasteiger partial charge in [-0.25, -0.2) is 4.79 Å². The summed E-state index contributed by atoms with van der Waals surface area (Å²) in [6.45, 7) is 0. The first-order valence-electron chi connectivity index (χ1n) is 5.93. The molecule has 0 atom stereocenters. The van der Waals surface area contributed by atoms with E-state index >= 15 is 0 Å². The second-order valence-corrected chi connectivity index (χ2v) is 5.43. The molecule has 0 aliphatic rings. The first-order valence-corrected chi connectivity index (χ1v) is 6.75. The number of aryl methyl sites for hydroxylation is 1. The summed E-state index contributed by atoms with van der Waals surface area (Å²) in [6, 6.07) is 7.77. The maximum Gasteiger partial charge on any atom is 0.339 e. The third-order valence-corrected chi connectivity index (χ3v) is 4.23. The summed E-state index contributed by atoms with van der Waals surface area (Å²) in [6.07, 6.45) is 1.38. The SMILES string of the molecule is COc1ccc2cc(-c3c(C(=O)O)cnn3C)sc2c1. The number of ether oxygens (including phenoxy) is 1. The average molecular weight is 288 g/mol. The molecule has 102 valence electrons. The van der Waals surface area contributed by atoms with Gasteiger partial charge in [0.15, 0.2) is 0 Å². The molecule has 1 N–H and O–H groups in total. The van der Waals surface area contributed by atoms with Gasteiger partial charge in [0.25, 0.3) is 0 Å². The zero-order valence-corrected chi connectivity index (χ0v) is 11.8. The molecule has 0 bridgehead atoms. The number of carboxylic acids is 1. The van der Waals surface area contributed by atoms with Crippen molar-refractivity contribution in [3.05, 3.63) is 36.0 Å². The van der Waals surface area contributed by atoms with E-state index in [0.29, 0.717) is 5.69 Å². The van der Waals surface area contributed by atoms with Gasteiger partial charge in [0.1, 0.15) is 11.3 Å². The van der Waals surface area contributed by atoms with E-state index in [1.807, 2.05) is 24.3 Å². The van der Waals surface area contributed by atoms with E-state index in [9.17, 15) is 9.90 Å². The quantitative estimate of drug-likeness (QED) is 0.804. The predicted molar refractivity (Wildman–Crippen MR) is 77.5 cm³/mol. The van der Waals surface area contributed by atoms with Crippen molar-refractivity contribution in [3.8, 4) is 16.3 Å².